The fourth-order valence-electron chi connectivity index (χ4n) is 3.71. The molecule has 2 aromatic heterocycles. The van der Waals surface area contributed by atoms with E-state index in [0.717, 1.165) is 63.0 Å². The third-order valence-corrected chi connectivity index (χ3v) is 5.15. The van der Waals surface area contributed by atoms with Crippen LogP contribution in [0.25, 0.3) is 5.78 Å². The molecule has 2 fully saturated rings. The van der Waals surface area contributed by atoms with E-state index in [-0.39, 0.29) is 0 Å². The number of nitrogens with zero attached hydrogens (tertiary/aromatic N) is 5. The molecule has 2 aliphatic heterocycles. The lowest BCUT2D eigenvalue weighted by Crippen LogP contribution is -2.41. The van der Waals surface area contributed by atoms with Gasteiger partial charge in [0, 0.05) is 44.0 Å². The van der Waals surface area contributed by atoms with Gasteiger partial charge in [-0.1, -0.05) is 6.92 Å². The minimum Gasteiger partial charge on any atom is -0.381 e. The molecule has 0 aliphatic carbocycles. The number of anilines is 1. The van der Waals surface area contributed by atoms with Crippen molar-refractivity contribution in [2.75, 3.05) is 38.2 Å². The second kappa shape index (κ2) is 7.03. The summed E-state index contributed by atoms with van der Waals surface area (Å²) < 4.78 is 7.30. The van der Waals surface area contributed by atoms with Crippen molar-refractivity contribution in [3.05, 3.63) is 18.1 Å². The molecule has 1 N–H and O–H groups in total. The number of fused-ring (bicyclic) bond motifs is 1. The van der Waals surface area contributed by atoms with Crippen LogP contribution in [0.1, 0.15) is 31.9 Å². The van der Waals surface area contributed by atoms with Crippen molar-refractivity contribution < 1.29 is 4.74 Å². The van der Waals surface area contributed by atoms with E-state index in [9.17, 15) is 0 Å². The van der Waals surface area contributed by atoms with E-state index in [1.807, 2.05) is 0 Å². The van der Waals surface area contributed by atoms with Gasteiger partial charge >= 0.3 is 0 Å². The van der Waals surface area contributed by atoms with Crippen LogP contribution in [-0.4, -0.2) is 63.4 Å². The molecule has 0 amide bonds. The number of ether oxygens (including phenoxy) is 1. The molecule has 0 bridgehead atoms. The fraction of sp³-hybridized carbons (Fsp3) is 0.706. The lowest BCUT2D eigenvalue weighted by atomic mass is 10.0. The highest BCUT2D eigenvalue weighted by molar-refractivity contribution is 5.45. The summed E-state index contributed by atoms with van der Waals surface area (Å²) in [4.78, 5) is 11.3. The Labute approximate surface area is 142 Å². The molecule has 2 saturated heterocycles. The van der Waals surface area contributed by atoms with Gasteiger partial charge in [0.05, 0.1) is 6.61 Å². The van der Waals surface area contributed by atoms with Gasteiger partial charge < -0.3 is 15.0 Å². The molecule has 0 saturated carbocycles. The number of rotatable bonds is 5. The monoisotopic (exact) mass is 330 g/mol. The van der Waals surface area contributed by atoms with E-state index >= 15 is 0 Å². The maximum Gasteiger partial charge on any atom is 0.254 e. The molecule has 1 atom stereocenters. The fourth-order valence-corrected chi connectivity index (χ4v) is 3.71. The van der Waals surface area contributed by atoms with Crippen LogP contribution < -0.4 is 5.32 Å². The Hall–Kier alpha value is -1.73. The van der Waals surface area contributed by atoms with Gasteiger partial charge in [0.25, 0.3) is 5.78 Å². The van der Waals surface area contributed by atoms with Gasteiger partial charge in [0.15, 0.2) is 0 Å². The Kier molecular flexibility index (Phi) is 4.62. The van der Waals surface area contributed by atoms with Gasteiger partial charge in [0.1, 0.15) is 12.1 Å². The zero-order valence-corrected chi connectivity index (χ0v) is 14.3. The number of likely N-dealkylation sites (tertiary alicyclic amines) is 1. The molecule has 24 heavy (non-hydrogen) atoms. The maximum absolute atomic E-state index is 5.49. The van der Waals surface area contributed by atoms with E-state index in [4.69, 9.17) is 4.74 Å². The summed E-state index contributed by atoms with van der Waals surface area (Å²) in [6.07, 6.45) is 6.01. The van der Waals surface area contributed by atoms with E-state index in [1.54, 1.807) is 10.8 Å². The zero-order valence-electron chi connectivity index (χ0n) is 14.3. The highest BCUT2D eigenvalue weighted by Gasteiger charge is 2.24. The molecule has 2 aliphatic rings. The van der Waals surface area contributed by atoms with Crippen LogP contribution in [-0.2, 0) is 11.2 Å². The van der Waals surface area contributed by atoms with E-state index in [2.05, 4.69) is 38.3 Å². The number of hydrogen-bond donors (Lipinski definition) is 1. The molecule has 7 heteroatoms. The maximum atomic E-state index is 5.49. The van der Waals surface area contributed by atoms with Crippen molar-refractivity contribution in [3.8, 4) is 0 Å². The van der Waals surface area contributed by atoms with Crippen molar-refractivity contribution in [1.82, 2.24) is 24.5 Å². The first kappa shape index (κ1) is 15.8. The van der Waals surface area contributed by atoms with Crippen LogP contribution in [0.5, 0.6) is 0 Å². The second-order valence-corrected chi connectivity index (χ2v) is 6.91. The molecule has 4 heterocycles. The quantitative estimate of drug-likeness (QED) is 0.898. The highest BCUT2D eigenvalue weighted by atomic mass is 16.5. The van der Waals surface area contributed by atoms with Crippen LogP contribution >= 0.6 is 0 Å². The summed E-state index contributed by atoms with van der Waals surface area (Å²) in [5, 5.41) is 7.97. The standard InChI is InChI=1S/C17H26N6O/c1-2-14-9-16(23-17(21-14)18-12-19-23)20-15-3-6-22(7-4-15)10-13-5-8-24-11-13/h9,12-13,15,20H,2-8,10-11H2,1H3. The van der Waals surface area contributed by atoms with Gasteiger partial charge in [-0.3, -0.25) is 0 Å². The molecule has 130 valence electrons. The average molecular weight is 330 g/mol. The molecule has 0 aromatic carbocycles. The van der Waals surface area contributed by atoms with Gasteiger partial charge in [-0.15, -0.1) is 0 Å². The summed E-state index contributed by atoms with van der Waals surface area (Å²) >= 11 is 0. The normalized spacial score (nSPS) is 23.1. The predicted octanol–water partition coefficient (Wildman–Crippen LogP) is 1.60. The SMILES string of the molecule is CCc1cc(NC2CCN(CC3CCOC3)CC2)n2ncnc2n1. The highest BCUT2D eigenvalue weighted by Crippen LogP contribution is 2.20. The molecule has 4 rings (SSSR count). The lowest BCUT2D eigenvalue weighted by Gasteiger charge is -2.34. The smallest absolute Gasteiger partial charge is 0.254 e. The number of piperidine rings is 1. The molecular formula is C17H26N6O. The Morgan fingerprint density at radius 2 is 2.17 bits per heavy atom. The second-order valence-electron chi connectivity index (χ2n) is 6.91. The number of aryl methyl sites for hydroxylation is 1. The van der Waals surface area contributed by atoms with Crippen molar-refractivity contribution in [1.29, 1.82) is 0 Å². The first-order valence-electron chi connectivity index (χ1n) is 9.08. The topological polar surface area (TPSA) is 67.6 Å². The molecule has 0 spiro atoms. The zero-order chi connectivity index (χ0) is 16.4. The number of hydrogen-bond acceptors (Lipinski definition) is 6. The Bertz CT molecular complexity index is 673. The summed E-state index contributed by atoms with van der Waals surface area (Å²) in [5.41, 5.74) is 1.05. The summed E-state index contributed by atoms with van der Waals surface area (Å²) in [5.74, 6) is 2.42. The van der Waals surface area contributed by atoms with Crippen molar-refractivity contribution in [3.63, 3.8) is 0 Å². The largest absolute Gasteiger partial charge is 0.381 e. The number of nitrogens with one attached hydrogen (secondary N) is 1. The lowest BCUT2D eigenvalue weighted by molar-refractivity contribution is 0.154. The van der Waals surface area contributed by atoms with Gasteiger partial charge in [0.2, 0.25) is 0 Å². The predicted molar refractivity (Wildman–Crippen MR) is 92.2 cm³/mol. The summed E-state index contributed by atoms with van der Waals surface area (Å²) in [6, 6.07) is 2.59. The first-order valence-corrected chi connectivity index (χ1v) is 9.08. The first-order chi connectivity index (χ1) is 11.8. The van der Waals surface area contributed by atoms with Crippen LogP contribution in [0.2, 0.25) is 0 Å². The summed E-state index contributed by atoms with van der Waals surface area (Å²) in [6.45, 7) is 7.50. The van der Waals surface area contributed by atoms with Gasteiger partial charge in [-0.05, 0) is 31.6 Å². The number of aromatic nitrogens is 4. The van der Waals surface area contributed by atoms with Gasteiger partial charge in [-0.25, -0.2) is 4.98 Å². The van der Waals surface area contributed by atoms with Crippen LogP contribution in [0.15, 0.2) is 12.4 Å². The Morgan fingerprint density at radius 1 is 1.29 bits per heavy atom. The molecular weight excluding hydrogens is 304 g/mol. The molecule has 1 unspecified atom stereocenters. The van der Waals surface area contributed by atoms with Crippen molar-refractivity contribution in [2.45, 2.75) is 38.6 Å². The third-order valence-electron chi connectivity index (χ3n) is 5.15. The van der Waals surface area contributed by atoms with Crippen LogP contribution in [0, 0.1) is 5.92 Å². The van der Waals surface area contributed by atoms with E-state index in [1.165, 1.54) is 13.0 Å². The third kappa shape index (κ3) is 3.37. The minimum absolute atomic E-state index is 0.487. The van der Waals surface area contributed by atoms with Gasteiger partial charge in [-0.2, -0.15) is 14.6 Å². The van der Waals surface area contributed by atoms with E-state index < -0.39 is 0 Å². The molecule has 7 nitrogen and oxygen atoms in total. The average Bonchev–Trinajstić information content (AvgIpc) is 3.28. The van der Waals surface area contributed by atoms with Crippen LogP contribution in [0.4, 0.5) is 5.82 Å². The summed E-state index contributed by atoms with van der Waals surface area (Å²) in [7, 11) is 0. The molecule has 2 aromatic rings. The van der Waals surface area contributed by atoms with Crippen molar-refractivity contribution >= 4 is 11.6 Å². The van der Waals surface area contributed by atoms with E-state index in [0.29, 0.717) is 11.8 Å². The van der Waals surface area contributed by atoms with Crippen LogP contribution in [0.3, 0.4) is 0 Å². The Morgan fingerprint density at radius 3 is 2.92 bits per heavy atom. The van der Waals surface area contributed by atoms with Crippen molar-refractivity contribution in [2.24, 2.45) is 5.92 Å². The molecule has 0 radical (unpaired) electrons. The minimum atomic E-state index is 0.487. The Balaban J connectivity index is 1.37.